The highest BCUT2D eigenvalue weighted by Crippen LogP contribution is 2.11. The van der Waals surface area contributed by atoms with Gasteiger partial charge in [0.15, 0.2) is 0 Å². The zero-order valence-corrected chi connectivity index (χ0v) is 10.4. The molecule has 0 aromatic rings. The minimum Gasteiger partial charge on any atom is -0.449 e. The lowest BCUT2D eigenvalue weighted by Crippen LogP contribution is -2.44. The first-order valence-electron chi connectivity index (χ1n) is 4.77. The van der Waals surface area contributed by atoms with Gasteiger partial charge >= 0.3 is 16.3 Å². The number of carbonyl (C=O) groups excluding carboxylic acids is 1. The Kier molecular flexibility index (Phi) is 5.70. The number of rotatable bonds is 6. The van der Waals surface area contributed by atoms with Gasteiger partial charge in [-0.1, -0.05) is 13.8 Å². The van der Waals surface area contributed by atoms with Crippen LogP contribution in [0.5, 0.6) is 0 Å². The van der Waals surface area contributed by atoms with Gasteiger partial charge in [-0.25, -0.2) is 9.52 Å². The summed E-state index contributed by atoms with van der Waals surface area (Å²) in [6.45, 7) is 4.85. The summed E-state index contributed by atoms with van der Waals surface area (Å²) in [4.78, 5) is 10.9. The third-order valence-corrected chi connectivity index (χ3v) is 2.62. The van der Waals surface area contributed by atoms with Gasteiger partial charge in [0.2, 0.25) is 0 Å². The van der Waals surface area contributed by atoms with Crippen LogP contribution in [0.15, 0.2) is 0 Å². The van der Waals surface area contributed by atoms with Crippen LogP contribution in [0.25, 0.3) is 0 Å². The largest absolute Gasteiger partial charge is 0.449 e. The molecule has 8 heteroatoms. The van der Waals surface area contributed by atoms with Crippen molar-refractivity contribution in [2.24, 2.45) is 5.41 Å². The van der Waals surface area contributed by atoms with E-state index in [4.69, 9.17) is 5.11 Å². The Hall–Kier alpha value is -0.860. The van der Waals surface area contributed by atoms with Crippen LogP contribution in [-0.2, 0) is 14.9 Å². The van der Waals surface area contributed by atoms with E-state index in [0.29, 0.717) is 0 Å². The second kappa shape index (κ2) is 6.02. The van der Waals surface area contributed by atoms with Gasteiger partial charge in [0.25, 0.3) is 0 Å². The molecular weight excluding hydrogens is 236 g/mol. The van der Waals surface area contributed by atoms with Crippen LogP contribution in [0.1, 0.15) is 20.8 Å². The molecule has 0 bridgehead atoms. The topological polar surface area (TPSA) is 105 Å². The number of ether oxygens (including phenoxy) is 1. The monoisotopic (exact) mass is 254 g/mol. The molecule has 0 aromatic heterocycles. The second-order valence-corrected chi connectivity index (χ2v) is 5.47. The van der Waals surface area contributed by atoms with Crippen LogP contribution in [0.3, 0.4) is 0 Å². The average Bonchev–Trinajstić information content (AvgIpc) is 2.15. The predicted molar refractivity (Wildman–Crippen MR) is 57.9 cm³/mol. The fraction of sp³-hybridized carbons (Fsp3) is 0.875. The van der Waals surface area contributed by atoms with E-state index in [1.807, 2.05) is 0 Å². The van der Waals surface area contributed by atoms with Crippen LogP contribution in [0, 0.1) is 5.41 Å². The average molecular weight is 254 g/mol. The predicted octanol–water partition coefficient (Wildman–Crippen LogP) is -0.415. The molecule has 0 unspecified atom stereocenters. The summed E-state index contributed by atoms with van der Waals surface area (Å²) in [6.07, 6.45) is -1.03. The van der Waals surface area contributed by atoms with Gasteiger partial charge in [0.1, 0.15) is 0 Å². The van der Waals surface area contributed by atoms with E-state index >= 15 is 0 Å². The Balaban J connectivity index is 4.21. The van der Waals surface area contributed by atoms with Crippen LogP contribution in [0.2, 0.25) is 0 Å². The lowest BCUT2D eigenvalue weighted by molar-refractivity contribution is 0.157. The van der Waals surface area contributed by atoms with Crippen molar-refractivity contribution in [3.8, 4) is 0 Å². The van der Waals surface area contributed by atoms with Crippen LogP contribution in [0.4, 0.5) is 4.79 Å². The van der Waals surface area contributed by atoms with E-state index in [9.17, 15) is 13.2 Å². The maximum atomic E-state index is 11.3. The third-order valence-electron chi connectivity index (χ3n) is 1.66. The fourth-order valence-electron chi connectivity index (χ4n) is 0.653. The smallest absolute Gasteiger partial charge is 0.421 e. The first-order chi connectivity index (χ1) is 7.22. The summed E-state index contributed by atoms with van der Waals surface area (Å²) in [5.74, 6) is 0. The number of amides is 1. The summed E-state index contributed by atoms with van der Waals surface area (Å²) in [6, 6.07) is 0. The number of hydrogen-bond acceptors (Lipinski definition) is 5. The molecule has 0 radical (unpaired) electrons. The first kappa shape index (κ1) is 15.1. The molecular formula is C8H18N2O5S. The maximum Gasteiger partial charge on any atom is 0.421 e. The quantitative estimate of drug-likeness (QED) is 0.597. The van der Waals surface area contributed by atoms with Crippen molar-refractivity contribution in [1.29, 1.82) is 0 Å². The summed E-state index contributed by atoms with van der Waals surface area (Å²) in [7, 11) is -3.93. The molecule has 0 aliphatic heterocycles. The van der Waals surface area contributed by atoms with Crippen molar-refractivity contribution >= 4 is 16.3 Å². The highest BCUT2D eigenvalue weighted by atomic mass is 32.2. The molecule has 3 N–H and O–H groups in total. The third kappa shape index (κ3) is 6.59. The van der Waals surface area contributed by atoms with Crippen molar-refractivity contribution < 1.29 is 23.1 Å². The number of hydrogen-bond donors (Lipinski definition) is 3. The first-order valence-corrected chi connectivity index (χ1v) is 6.26. The molecule has 1 amide bonds. The summed E-state index contributed by atoms with van der Waals surface area (Å²) >= 11 is 0. The number of nitrogens with one attached hydrogen (secondary N) is 2. The number of carbonyl (C=O) groups is 1. The molecule has 0 spiro atoms. The Morgan fingerprint density at radius 2 is 2.00 bits per heavy atom. The van der Waals surface area contributed by atoms with E-state index in [2.05, 4.69) is 9.46 Å². The molecule has 0 saturated carbocycles. The van der Waals surface area contributed by atoms with Crippen molar-refractivity contribution in [2.75, 3.05) is 19.8 Å². The van der Waals surface area contributed by atoms with Gasteiger partial charge in [-0.3, -0.25) is 0 Å². The minimum atomic E-state index is -3.93. The number of aliphatic hydroxyl groups is 1. The Morgan fingerprint density at radius 3 is 2.44 bits per heavy atom. The lowest BCUT2D eigenvalue weighted by Gasteiger charge is -2.21. The van der Waals surface area contributed by atoms with Gasteiger partial charge < -0.3 is 9.84 Å². The van der Waals surface area contributed by atoms with Crippen LogP contribution < -0.4 is 9.44 Å². The Bertz CT molecular complexity index is 325. The fourth-order valence-corrected chi connectivity index (χ4v) is 1.58. The van der Waals surface area contributed by atoms with Crippen molar-refractivity contribution in [3.05, 3.63) is 0 Å². The molecule has 96 valence electrons. The molecule has 0 heterocycles. The number of aliphatic hydroxyl groups excluding tert-OH is 1. The van der Waals surface area contributed by atoms with Crippen molar-refractivity contribution in [2.45, 2.75) is 20.8 Å². The van der Waals surface area contributed by atoms with Gasteiger partial charge in [-0.2, -0.15) is 13.1 Å². The zero-order valence-electron chi connectivity index (χ0n) is 9.61. The molecule has 0 fully saturated rings. The highest BCUT2D eigenvalue weighted by Gasteiger charge is 2.21. The Labute approximate surface area is 95.4 Å². The van der Waals surface area contributed by atoms with E-state index in [0.717, 1.165) is 0 Å². The molecule has 0 saturated heterocycles. The van der Waals surface area contributed by atoms with Gasteiger partial charge in [0, 0.05) is 18.6 Å². The highest BCUT2D eigenvalue weighted by molar-refractivity contribution is 7.88. The zero-order chi connectivity index (χ0) is 12.8. The molecule has 0 rings (SSSR count). The summed E-state index contributed by atoms with van der Waals surface area (Å²) in [5.41, 5.74) is -0.594. The molecule has 0 aliphatic rings. The Morgan fingerprint density at radius 1 is 1.44 bits per heavy atom. The molecule has 0 aromatic carbocycles. The van der Waals surface area contributed by atoms with Gasteiger partial charge in [-0.15, -0.1) is 0 Å². The van der Waals surface area contributed by atoms with Gasteiger partial charge in [-0.05, 0) is 6.92 Å². The van der Waals surface area contributed by atoms with Crippen molar-refractivity contribution in [1.82, 2.24) is 9.44 Å². The molecule has 0 atom stereocenters. The minimum absolute atomic E-state index is 0.0121. The second-order valence-electron chi connectivity index (χ2n) is 3.97. The SMILES string of the molecule is CCOC(=O)NS(=O)(=O)NCC(C)(C)CO. The maximum absolute atomic E-state index is 11.3. The standard InChI is InChI=1S/C8H18N2O5S/c1-4-15-7(12)10-16(13,14)9-5-8(2,3)6-11/h9,11H,4-6H2,1-3H3,(H,10,12). The molecule has 7 nitrogen and oxygen atoms in total. The molecule has 16 heavy (non-hydrogen) atoms. The summed E-state index contributed by atoms with van der Waals surface area (Å²) < 4.78 is 30.8. The van der Waals surface area contributed by atoms with E-state index in [1.165, 1.54) is 0 Å². The summed E-state index contributed by atoms with van der Waals surface area (Å²) in [5, 5.41) is 8.91. The van der Waals surface area contributed by atoms with E-state index in [-0.39, 0.29) is 19.8 Å². The van der Waals surface area contributed by atoms with E-state index < -0.39 is 21.7 Å². The molecule has 0 aliphatic carbocycles. The van der Waals surface area contributed by atoms with Crippen LogP contribution in [-0.4, -0.2) is 39.4 Å². The normalized spacial score (nSPS) is 12.2. The van der Waals surface area contributed by atoms with Crippen LogP contribution >= 0.6 is 0 Å². The lowest BCUT2D eigenvalue weighted by atomic mass is 9.96. The van der Waals surface area contributed by atoms with Gasteiger partial charge in [0.05, 0.1) is 6.61 Å². The van der Waals surface area contributed by atoms with Crippen molar-refractivity contribution in [3.63, 3.8) is 0 Å². The van der Waals surface area contributed by atoms with E-state index in [1.54, 1.807) is 25.5 Å².